The van der Waals surface area contributed by atoms with Crippen LogP contribution in [0.5, 0.6) is 0 Å². The van der Waals surface area contributed by atoms with Gasteiger partial charge < -0.3 is 18.6 Å². The highest BCUT2D eigenvalue weighted by molar-refractivity contribution is 6.68. The molecule has 2 aromatic rings. The quantitative estimate of drug-likeness (QED) is 0.315. The van der Waals surface area contributed by atoms with Crippen molar-refractivity contribution in [1.29, 1.82) is 0 Å². The van der Waals surface area contributed by atoms with Crippen molar-refractivity contribution in [1.82, 2.24) is 0 Å². The van der Waals surface area contributed by atoms with Gasteiger partial charge in [0.15, 0.2) is 0 Å². The summed E-state index contributed by atoms with van der Waals surface area (Å²) in [6.45, 7) is 16.4. The van der Waals surface area contributed by atoms with Gasteiger partial charge >= 0.3 is 14.2 Å². The molecule has 0 spiro atoms. The molecule has 0 amide bonds. The van der Waals surface area contributed by atoms with Gasteiger partial charge in [-0.25, -0.2) is 4.39 Å². The van der Waals surface area contributed by atoms with E-state index >= 15 is 4.39 Å². The minimum atomic E-state index is -0.497. The third-order valence-corrected chi connectivity index (χ3v) is 8.86. The molecule has 2 aliphatic rings. The molecule has 7 heteroatoms. The average Bonchev–Trinajstić information content (AvgIpc) is 3.20. The van der Waals surface area contributed by atoms with Crippen LogP contribution in [0.3, 0.4) is 0 Å². The number of hydrogen-bond acceptors (Lipinski definition) is 4. The molecule has 204 valence electrons. The number of rotatable bonds is 9. The van der Waals surface area contributed by atoms with Crippen molar-refractivity contribution in [3.8, 4) is 0 Å². The third-order valence-electron chi connectivity index (χ3n) is 8.86. The Morgan fingerprint density at radius 2 is 1.05 bits per heavy atom. The summed E-state index contributed by atoms with van der Waals surface area (Å²) in [6, 6.07) is 20.2. The van der Waals surface area contributed by atoms with E-state index in [1.807, 2.05) is 116 Å². The molecule has 4 nitrogen and oxygen atoms in total. The second-order valence-electron chi connectivity index (χ2n) is 12.7. The fraction of sp³-hybridized carbons (Fsp3) is 0.548. The van der Waals surface area contributed by atoms with Crippen LogP contribution in [-0.4, -0.2) is 36.6 Å². The van der Waals surface area contributed by atoms with Crippen molar-refractivity contribution >= 4 is 14.2 Å². The largest absolute Gasteiger partial charge is 0.458 e. The molecule has 0 bridgehead atoms. The zero-order valence-electron chi connectivity index (χ0n) is 24.3. The SMILES string of the molecule is CC1(C)OB(C(CCC/C(F)=C/C(c2ccccc2)c2ccccc2)B2OC(C)(C)C(C)(C)O2)OC1(C)C. The molecule has 2 aromatic carbocycles. The molecule has 0 aliphatic carbocycles. The Labute approximate surface area is 229 Å². The maximum absolute atomic E-state index is 15.5. The van der Waals surface area contributed by atoms with Gasteiger partial charge in [-0.3, -0.25) is 0 Å². The van der Waals surface area contributed by atoms with Crippen LogP contribution in [0.15, 0.2) is 72.6 Å². The topological polar surface area (TPSA) is 36.9 Å². The molecule has 0 atom stereocenters. The number of allylic oxidation sites excluding steroid dienone is 2. The van der Waals surface area contributed by atoms with Gasteiger partial charge in [-0.2, -0.15) is 0 Å². The first-order valence-corrected chi connectivity index (χ1v) is 13.9. The zero-order valence-corrected chi connectivity index (χ0v) is 24.3. The Hall–Kier alpha value is -1.92. The minimum Gasteiger partial charge on any atom is -0.403 e. The molecule has 2 fully saturated rings. The van der Waals surface area contributed by atoms with Gasteiger partial charge in [0.1, 0.15) is 0 Å². The van der Waals surface area contributed by atoms with Gasteiger partial charge in [0, 0.05) is 11.6 Å². The van der Waals surface area contributed by atoms with Gasteiger partial charge in [-0.05, 0) is 85.4 Å². The van der Waals surface area contributed by atoms with Crippen molar-refractivity contribution in [2.24, 2.45) is 0 Å². The lowest BCUT2D eigenvalue weighted by molar-refractivity contribution is 0.00578. The summed E-state index contributed by atoms with van der Waals surface area (Å²) in [5.41, 5.74) is 0.0744. The van der Waals surface area contributed by atoms with Crippen molar-refractivity contribution in [3.05, 3.63) is 83.7 Å². The maximum Gasteiger partial charge on any atom is 0.458 e. The van der Waals surface area contributed by atoms with Crippen LogP contribution < -0.4 is 0 Å². The van der Waals surface area contributed by atoms with Gasteiger partial charge in [0.25, 0.3) is 0 Å². The van der Waals surface area contributed by atoms with Crippen LogP contribution in [0, 0.1) is 0 Å². The van der Waals surface area contributed by atoms with E-state index in [-0.39, 0.29) is 17.5 Å². The second kappa shape index (κ2) is 10.9. The summed E-state index contributed by atoms with van der Waals surface area (Å²) in [5, 5.41) is 0. The maximum atomic E-state index is 15.5. The molecule has 0 N–H and O–H groups in total. The molecule has 0 aromatic heterocycles. The summed E-state index contributed by atoms with van der Waals surface area (Å²) in [4.78, 5) is 0. The first-order chi connectivity index (χ1) is 17.7. The van der Waals surface area contributed by atoms with Crippen molar-refractivity contribution < 1.29 is 23.0 Å². The molecule has 2 heterocycles. The first-order valence-electron chi connectivity index (χ1n) is 13.9. The lowest BCUT2D eigenvalue weighted by atomic mass is 9.50. The van der Waals surface area contributed by atoms with E-state index in [1.54, 1.807) is 6.08 Å². The van der Waals surface area contributed by atoms with Crippen LogP contribution in [0.4, 0.5) is 4.39 Å². The van der Waals surface area contributed by atoms with E-state index in [9.17, 15) is 0 Å². The Balaban J connectivity index is 1.50. The van der Waals surface area contributed by atoms with Crippen LogP contribution in [0.2, 0.25) is 5.72 Å². The van der Waals surface area contributed by atoms with Crippen molar-refractivity contribution in [2.75, 3.05) is 0 Å². The average molecular weight is 520 g/mol. The fourth-order valence-corrected chi connectivity index (χ4v) is 5.00. The molecule has 0 saturated carbocycles. The van der Waals surface area contributed by atoms with Crippen LogP contribution in [-0.2, 0) is 18.6 Å². The standard InChI is InChI=1S/C31H43B2FO4/c1-28(2)29(3,4)36-32(35-28)27(33-37-30(5,6)31(7,8)38-33)21-15-20-25(34)22-26(23-16-11-9-12-17-23)24-18-13-10-14-19-24/h9-14,16-19,22,26-27H,15,20-21H2,1-8H3/b25-22-. The Kier molecular flexibility index (Phi) is 8.36. The number of halogens is 1. The lowest BCUT2D eigenvalue weighted by Gasteiger charge is -2.32. The Morgan fingerprint density at radius 3 is 1.42 bits per heavy atom. The van der Waals surface area contributed by atoms with E-state index in [2.05, 4.69) is 0 Å². The predicted octanol–water partition coefficient (Wildman–Crippen LogP) is 7.94. The molecule has 0 radical (unpaired) electrons. The van der Waals surface area contributed by atoms with Crippen molar-refractivity contribution in [2.45, 2.75) is 109 Å². The predicted molar refractivity (Wildman–Crippen MR) is 154 cm³/mol. The smallest absolute Gasteiger partial charge is 0.403 e. The van der Waals surface area contributed by atoms with Crippen LogP contribution in [0.1, 0.15) is 91.7 Å². The molecule has 2 saturated heterocycles. The van der Waals surface area contributed by atoms with Gasteiger partial charge in [0.2, 0.25) is 0 Å². The lowest BCUT2D eigenvalue weighted by Crippen LogP contribution is -2.41. The summed E-state index contributed by atoms with van der Waals surface area (Å²) < 4.78 is 41.1. The molecule has 38 heavy (non-hydrogen) atoms. The third kappa shape index (κ3) is 6.12. The molecule has 4 rings (SSSR count). The fourth-order valence-electron chi connectivity index (χ4n) is 5.00. The highest BCUT2D eigenvalue weighted by Gasteiger charge is 2.61. The minimum absolute atomic E-state index is 0.121. The van der Waals surface area contributed by atoms with Gasteiger partial charge in [0.05, 0.1) is 28.2 Å². The highest BCUT2D eigenvalue weighted by Crippen LogP contribution is 2.47. The zero-order chi connectivity index (χ0) is 27.8. The summed E-state index contributed by atoms with van der Waals surface area (Å²) >= 11 is 0. The van der Waals surface area contributed by atoms with Crippen LogP contribution in [0.25, 0.3) is 0 Å². The molecular weight excluding hydrogens is 477 g/mol. The van der Waals surface area contributed by atoms with Crippen LogP contribution >= 0.6 is 0 Å². The van der Waals surface area contributed by atoms with Gasteiger partial charge in [-0.15, -0.1) is 0 Å². The van der Waals surface area contributed by atoms with E-state index < -0.39 is 36.6 Å². The van der Waals surface area contributed by atoms with E-state index in [0.717, 1.165) is 11.1 Å². The molecular formula is C31H43B2FO4. The monoisotopic (exact) mass is 520 g/mol. The Morgan fingerprint density at radius 1 is 0.684 bits per heavy atom. The summed E-state index contributed by atoms with van der Waals surface area (Å²) in [7, 11) is -0.994. The van der Waals surface area contributed by atoms with E-state index in [0.29, 0.717) is 19.3 Å². The summed E-state index contributed by atoms with van der Waals surface area (Å²) in [6.07, 6.45) is 3.35. The number of hydrogen-bond donors (Lipinski definition) is 0. The van der Waals surface area contributed by atoms with Gasteiger partial charge in [-0.1, -0.05) is 67.1 Å². The highest BCUT2D eigenvalue weighted by atomic mass is 19.1. The Bertz CT molecular complexity index is 994. The number of benzene rings is 2. The van der Waals surface area contributed by atoms with E-state index in [1.165, 1.54) is 0 Å². The molecule has 2 aliphatic heterocycles. The molecule has 0 unspecified atom stereocenters. The summed E-state index contributed by atoms with van der Waals surface area (Å²) in [5.74, 6) is -0.260. The first kappa shape index (κ1) is 29.1. The normalized spacial score (nSPS) is 22.0. The van der Waals surface area contributed by atoms with Crippen molar-refractivity contribution in [3.63, 3.8) is 0 Å². The second-order valence-corrected chi connectivity index (χ2v) is 12.7. The van der Waals surface area contributed by atoms with E-state index in [4.69, 9.17) is 18.6 Å².